The average molecular weight is 279 g/mol. The van der Waals surface area contributed by atoms with Gasteiger partial charge in [-0.2, -0.15) is 5.10 Å². The smallest absolute Gasteiger partial charge is 0.128 e. The fourth-order valence-electron chi connectivity index (χ4n) is 2.14. The number of rotatable bonds is 5. The Labute approximate surface area is 117 Å². The van der Waals surface area contributed by atoms with Gasteiger partial charge in [0, 0.05) is 24.8 Å². The molecule has 0 bridgehead atoms. The second kappa shape index (κ2) is 6.13. The lowest BCUT2D eigenvalue weighted by Gasteiger charge is -2.15. The number of benzene rings is 1. The van der Waals surface area contributed by atoms with Gasteiger partial charge in [-0.1, -0.05) is 0 Å². The third-order valence-electron chi connectivity index (χ3n) is 3.37. The van der Waals surface area contributed by atoms with Crippen LogP contribution in [0.25, 0.3) is 0 Å². The van der Waals surface area contributed by atoms with Crippen molar-refractivity contribution in [3.63, 3.8) is 0 Å². The molecule has 5 heteroatoms. The Bertz CT molecular complexity index is 593. The molecule has 3 nitrogen and oxygen atoms in total. The topological polar surface area (TPSA) is 29.9 Å². The zero-order valence-electron chi connectivity index (χ0n) is 12.0. The van der Waals surface area contributed by atoms with Crippen LogP contribution < -0.4 is 5.32 Å². The first-order valence-electron chi connectivity index (χ1n) is 6.64. The van der Waals surface area contributed by atoms with Crippen LogP contribution in [-0.2, 0) is 13.5 Å². The molecule has 0 radical (unpaired) electrons. The number of halogens is 2. The lowest BCUT2D eigenvalue weighted by atomic mass is 10.0. The van der Waals surface area contributed by atoms with Gasteiger partial charge >= 0.3 is 0 Å². The van der Waals surface area contributed by atoms with Gasteiger partial charge in [0.25, 0.3) is 0 Å². The lowest BCUT2D eigenvalue weighted by Crippen LogP contribution is -2.22. The minimum Gasteiger partial charge on any atom is -0.310 e. The molecular weight excluding hydrogens is 260 g/mol. The molecule has 108 valence electrons. The highest BCUT2D eigenvalue weighted by Gasteiger charge is 2.13. The van der Waals surface area contributed by atoms with E-state index < -0.39 is 0 Å². The maximum Gasteiger partial charge on any atom is 0.128 e. The molecule has 0 saturated carbocycles. The average Bonchev–Trinajstić information content (AvgIpc) is 2.79. The number of aromatic nitrogens is 2. The van der Waals surface area contributed by atoms with Gasteiger partial charge in [-0.25, -0.2) is 8.78 Å². The van der Waals surface area contributed by atoms with Crippen LogP contribution in [0.2, 0.25) is 0 Å². The van der Waals surface area contributed by atoms with Crippen molar-refractivity contribution >= 4 is 0 Å². The van der Waals surface area contributed by atoms with E-state index in [2.05, 4.69) is 10.4 Å². The first kappa shape index (κ1) is 14.7. The van der Waals surface area contributed by atoms with E-state index in [0.29, 0.717) is 17.7 Å². The van der Waals surface area contributed by atoms with Gasteiger partial charge < -0.3 is 5.32 Å². The molecule has 0 aliphatic heterocycles. The van der Waals surface area contributed by atoms with Gasteiger partial charge in [-0.3, -0.25) is 4.68 Å². The minimum atomic E-state index is -0.373. The second-order valence-electron chi connectivity index (χ2n) is 5.07. The van der Waals surface area contributed by atoms with E-state index >= 15 is 0 Å². The SMILES string of the molecule is Cc1cc(F)c(C(C)NCCc2cnn(C)c2)cc1F. The van der Waals surface area contributed by atoms with E-state index in [1.807, 2.05) is 20.2 Å². The third kappa shape index (κ3) is 3.42. The predicted molar refractivity (Wildman–Crippen MR) is 74.4 cm³/mol. The number of nitrogens with one attached hydrogen (secondary N) is 1. The van der Waals surface area contributed by atoms with Gasteiger partial charge in [0.15, 0.2) is 0 Å². The molecule has 0 aliphatic rings. The van der Waals surface area contributed by atoms with Crippen LogP contribution in [-0.4, -0.2) is 16.3 Å². The van der Waals surface area contributed by atoms with E-state index in [4.69, 9.17) is 0 Å². The molecule has 1 unspecified atom stereocenters. The maximum atomic E-state index is 13.8. The molecule has 0 fully saturated rings. The highest BCUT2D eigenvalue weighted by Crippen LogP contribution is 2.20. The van der Waals surface area contributed by atoms with Crippen molar-refractivity contribution in [1.82, 2.24) is 15.1 Å². The van der Waals surface area contributed by atoms with Crippen molar-refractivity contribution < 1.29 is 8.78 Å². The van der Waals surface area contributed by atoms with Gasteiger partial charge in [-0.05, 0) is 50.1 Å². The summed E-state index contributed by atoms with van der Waals surface area (Å²) in [7, 11) is 1.87. The Morgan fingerprint density at radius 2 is 2.05 bits per heavy atom. The number of aryl methyl sites for hydroxylation is 2. The predicted octanol–water partition coefficient (Wildman–Crippen LogP) is 2.90. The van der Waals surface area contributed by atoms with Crippen LogP contribution in [0.5, 0.6) is 0 Å². The monoisotopic (exact) mass is 279 g/mol. The maximum absolute atomic E-state index is 13.8. The molecule has 1 N–H and O–H groups in total. The van der Waals surface area contributed by atoms with Gasteiger partial charge in [-0.15, -0.1) is 0 Å². The zero-order chi connectivity index (χ0) is 14.7. The van der Waals surface area contributed by atoms with E-state index in [1.54, 1.807) is 17.8 Å². The van der Waals surface area contributed by atoms with Gasteiger partial charge in [0.1, 0.15) is 11.6 Å². The van der Waals surface area contributed by atoms with E-state index in [1.165, 1.54) is 12.1 Å². The van der Waals surface area contributed by atoms with Crippen molar-refractivity contribution in [2.75, 3.05) is 6.54 Å². The fraction of sp³-hybridized carbons (Fsp3) is 0.400. The quantitative estimate of drug-likeness (QED) is 0.912. The number of nitrogens with zero attached hydrogens (tertiary/aromatic N) is 2. The molecule has 0 aliphatic carbocycles. The third-order valence-corrected chi connectivity index (χ3v) is 3.37. The molecule has 0 amide bonds. The summed E-state index contributed by atoms with van der Waals surface area (Å²) in [4.78, 5) is 0. The van der Waals surface area contributed by atoms with E-state index in [0.717, 1.165) is 12.0 Å². The Hall–Kier alpha value is -1.75. The Morgan fingerprint density at radius 3 is 2.70 bits per heavy atom. The summed E-state index contributed by atoms with van der Waals surface area (Å²) < 4.78 is 29.1. The Balaban J connectivity index is 1.95. The fourth-order valence-corrected chi connectivity index (χ4v) is 2.14. The minimum absolute atomic E-state index is 0.234. The van der Waals surface area contributed by atoms with Crippen LogP contribution in [0.3, 0.4) is 0 Å². The molecule has 2 rings (SSSR count). The summed E-state index contributed by atoms with van der Waals surface area (Å²) in [6.07, 6.45) is 4.55. The summed E-state index contributed by atoms with van der Waals surface area (Å²) in [6.45, 7) is 4.07. The number of hydrogen-bond donors (Lipinski definition) is 1. The normalized spacial score (nSPS) is 12.7. The molecule has 2 aromatic rings. The molecular formula is C15H19F2N3. The van der Waals surface area contributed by atoms with Gasteiger partial charge in [0.05, 0.1) is 6.20 Å². The lowest BCUT2D eigenvalue weighted by molar-refractivity contribution is 0.518. The molecule has 20 heavy (non-hydrogen) atoms. The summed E-state index contributed by atoms with van der Waals surface area (Å²) >= 11 is 0. The molecule has 1 atom stereocenters. The van der Waals surface area contributed by atoms with Crippen molar-refractivity contribution in [3.8, 4) is 0 Å². The second-order valence-corrected chi connectivity index (χ2v) is 5.07. The van der Waals surface area contributed by atoms with Crippen molar-refractivity contribution in [2.45, 2.75) is 26.3 Å². The van der Waals surface area contributed by atoms with E-state index in [-0.39, 0.29) is 17.7 Å². The van der Waals surface area contributed by atoms with Crippen molar-refractivity contribution in [2.24, 2.45) is 7.05 Å². The number of hydrogen-bond acceptors (Lipinski definition) is 2. The van der Waals surface area contributed by atoms with Crippen LogP contribution >= 0.6 is 0 Å². The largest absolute Gasteiger partial charge is 0.310 e. The van der Waals surface area contributed by atoms with Crippen LogP contribution in [0, 0.1) is 18.6 Å². The van der Waals surface area contributed by atoms with Crippen molar-refractivity contribution in [3.05, 3.63) is 52.9 Å². The van der Waals surface area contributed by atoms with Crippen LogP contribution in [0.1, 0.15) is 29.7 Å². The first-order chi connectivity index (χ1) is 9.47. The molecule has 1 aromatic carbocycles. The first-order valence-corrected chi connectivity index (χ1v) is 6.64. The molecule has 0 spiro atoms. The molecule has 1 aromatic heterocycles. The zero-order valence-corrected chi connectivity index (χ0v) is 12.0. The summed E-state index contributed by atoms with van der Waals surface area (Å²) in [5.41, 5.74) is 1.80. The van der Waals surface area contributed by atoms with Gasteiger partial charge in [0.2, 0.25) is 0 Å². The summed E-state index contributed by atoms with van der Waals surface area (Å²) in [5, 5.41) is 7.29. The molecule has 0 saturated heterocycles. The standard InChI is InChI=1S/C15H19F2N3/c1-10-6-15(17)13(7-14(10)16)11(2)18-5-4-12-8-19-20(3)9-12/h6-9,11,18H,4-5H2,1-3H3. The summed E-state index contributed by atoms with van der Waals surface area (Å²) in [5.74, 6) is -0.743. The Morgan fingerprint density at radius 1 is 1.30 bits per heavy atom. The Kier molecular flexibility index (Phi) is 4.49. The van der Waals surface area contributed by atoms with E-state index in [9.17, 15) is 8.78 Å². The van der Waals surface area contributed by atoms with Crippen LogP contribution in [0.4, 0.5) is 8.78 Å². The summed E-state index contributed by atoms with van der Waals surface area (Å²) in [6, 6.07) is 2.28. The van der Waals surface area contributed by atoms with Crippen LogP contribution in [0.15, 0.2) is 24.5 Å². The highest BCUT2D eigenvalue weighted by molar-refractivity contribution is 5.27. The molecule has 1 heterocycles. The van der Waals surface area contributed by atoms with Crippen molar-refractivity contribution in [1.29, 1.82) is 0 Å². The highest BCUT2D eigenvalue weighted by atomic mass is 19.1.